The molecule has 3 atom stereocenters. The van der Waals surface area contributed by atoms with Gasteiger partial charge in [0.1, 0.15) is 0 Å². The summed E-state index contributed by atoms with van der Waals surface area (Å²) in [6.45, 7) is 6.35. The molecule has 0 aromatic heterocycles. The Hall–Kier alpha value is -1.74. The standard InChI is InChI=1S/C14H19NO7S/c1-7-8(10(17)14(2,3)4)15-11(18)9(21-5)12(15)23(19,20)13(7)22-6-16/h6,9,12-13H,1-5H3/t9-,12?,13-/m0/s1. The van der Waals surface area contributed by atoms with Crippen LogP contribution in [-0.4, -0.2) is 55.5 Å². The van der Waals surface area contributed by atoms with Crippen molar-refractivity contribution in [2.75, 3.05) is 7.11 Å². The number of ether oxygens (including phenoxy) is 2. The van der Waals surface area contributed by atoms with Gasteiger partial charge in [0.15, 0.2) is 17.3 Å². The van der Waals surface area contributed by atoms with E-state index in [4.69, 9.17) is 9.47 Å². The molecule has 1 fully saturated rings. The Morgan fingerprint density at radius 2 is 1.87 bits per heavy atom. The maximum Gasteiger partial charge on any atom is 0.294 e. The molecule has 1 saturated heterocycles. The van der Waals surface area contributed by atoms with Gasteiger partial charge in [0.2, 0.25) is 15.3 Å². The molecule has 23 heavy (non-hydrogen) atoms. The van der Waals surface area contributed by atoms with Crippen LogP contribution in [0.25, 0.3) is 0 Å². The zero-order chi connectivity index (χ0) is 17.7. The fourth-order valence-corrected chi connectivity index (χ4v) is 4.89. The fourth-order valence-electron chi connectivity index (χ4n) is 2.76. The van der Waals surface area contributed by atoms with Gasteiger partial charge in [-0.15, -0.1) is 0 Å². The molecular weight excluding hydrogens is 326 g/mol. The Bertz CT molecular complexity index is 701. The van der Waals surface area contributed by atoms with Gasteiger partial charge in [-0.1, -0.05) is 20.8 Å². The van der Waals surface area contributed by atoms with Crippen LogP contribution in [0.5, 0.6) is 0 Å². The second kappa shape index (κ2) is 5.41. The maximum absolute atomic E-state index is 12.7. The van der Waals surface area contributed by atoms with Crippen LogP contribution >= 0.6 is 0 Å². The summed E-state index contributed by atoms with van der Waals surface area (Å²) in [6.07, 6.45) is -1.21. The first-order chi connectivity index (χ1) is 10.5. The number of ketones is 1. The number of amides is 1. The van der Waals surface area contributed by atoms with Crippen molar-refractivity contribution in [2.45, 2.75) is 44.6 Å². The third-order valence-corrected chi connectivity index (χ3v) is 6.12. The zero-order valence-corrected chi connectivity index (χ0v) is 14.3. The predicted molar refractivity (Wildman–Crippen MR) is 78.4 cm³/mol. The van der Waals surface area contributed by atoms with E-state index in [1.54, 1.807) is 20.8 Å². The van der Waals surface area contributed by atoms with Gasteiger partial charge in [-0.25, -0.2) is 8.42 Å². The number of carbonyl (C=O) groups excluding carboxylic acids is 3. The molecule has 2 rings (SSSR count). The highest BCUT2D eigenvalue weighted by Gasteiger charge is 2.64. The fraction of sp³-hybridized carbons (Fsp3) is 0.643. The zero-order valence-electron chi connectivity index (χ0n) is 13.5. The smallest absolute Gasteiger partial charge is 0.294 e. The number of carbonyl (C=O) groups is 3. The monoisotopic (exact) mass is 345 g/mol. The Labute approximate surface area is 134 Å². The molecule has 1 amide bonds. The summed E-state index contributed by atoms with van der Waals surface area (Å²) >= 11 is 0. The lowest BCUT2D eigenvalue weighted by Crippen LogP contribution is -2.72. The largest absolute Gasteiger partial charge is 0.443 e. The van der Waals surface area contributed by atoms with Crippen molar-refractivity contribution in [1.82, 2.24) is 4.90 Å². The highest BCUT2D eigenvalue weighted by Crippen LogP contribution is 2.43. The average Bonchev–Trinajstić information content (AvgIpc) is 2.43. The number of hydrogen-bond donors (Lipinski definition) is 0. The van der Waals surface area contributed by atoms with Crippen LogP contribution in [0.2, 0.25) is 0 Å². The van der Waals surface area contributed by atoms with Gasteiger partial charge in [-0.05, 0) is 6.92 Å². The molecule has 0 aromatic rings. The number of methoxy groups -OCH3 is 1. The Morgan fingerprint density at radius 1 is 1.30 bits per heavy atom. The van der Waals surface area contributed by atoms with E-state index < -0.39 is 43.9 Å². The number of fused-ring (bicyclic) bond motifs is 1. The molecule has 0 N–H and O–H groups in total. The van der Waals surface area contributed by atoms with Gasteiger partial charge in [0, 0.05) is 18.1 Å². The summed E-state index contributed by atoms with van der Waals surface area (Å²) in [4.78, 5) is 36.5. The second-order valence-electron chi connectivity index (χ2n) is 6.52. The molecule has 1 unspecified atom stereocenters. The van der Waals surface area contributed by atoms with Gasteiger partial charge in [0.25, 0.3) is 12.4 Å². The van der Waals surface area contributed by atoms with Gasteiger partial charge in [0.05, 0.1) is 5.70 Å². The van der Waals surface area contributed by atoms with Crippen molar-refractivity contribution >= 4 is 28.0 Å². The van der Waals surface area contributed by atoms with Crippen molar-refractivity contribution in [1.29, 1.82) is 0 Å². The second-order valence-corrected chi connectivity index (χ2v) is 8.61. The Balaban J connectivity index is 2.68. The molecule has 2 heterocycles. The van der Waals surface area contributed by atoms with Gasteiger partial charge in [-0.3, -0.25) is 19.3 Å². The van der Waals surface area contributed by atoms with E-state index in [0.717, 1.165) is 4.90 Å². The first-order valence-electron chi connectivity index (χ1n) is 6.93. The summed E-state index contributed by atoms with van der Waals surface area (Å²) in [5.41, 5.74) is -2.46. The van der Waals surface area contributed by atoms with Gasteiger partial charge >= 0.3 is 0 Å². The minimum absolute atomic E-state index is 0.0167. The summed E-state index contributed by atoms with van der Waals surface area (Å²) in [7, 11) is -2.86. The molecule has 0 spiro atoms. The number of rotatable bonds is 4. The lowest BCUT2D eigenvalue weighted by Gasteiger charge is -2.50. The van der Waals surface area contributed by atoms with E-state index in [9.17, 15) is 22.8 Å². The number of β-lactam (4-membered cyclic amide) rings is 1. The Kier molecular flexibility index (Phi) is 4.15. The normalized spacial score (nSPS) is 29.7. The summed E-state index contributed by atoms with van der Waals surface area (Å²) in [5, 5.41) is -1.37. The van der Waals surface area contributed by atoms with E-state index in [2.05, 4.69) is 0 Å². The van der Waals surface area contributed by atoms with Crippen LogP contribution in [0.3, 0.4) is 0 Å². The maximum atomic E-state index is 12.7. The van der Waals surface area contributed by atoms with Crippen molar-refractivity contribution in [2.24, 2.45) is 5.41 Å². The van der Waals surface area contributed by atoms with Crippen molar-refractivity contribution in [3.8, 4) is 0 Å². The number of allylic oxidation sites excluding steroid dienone is 1. The first kappa shape index (κ1) is 17.6. The van der Waals surface area contributed by atoms with E-state index in [1.165, 1.54) is 14.0 Å². The highest BCUT2D eigenvalue weighted by atomic mass is 32.2. The molecule has 0 bridgehead atoms. The minimum atomic E-state index is -4.07. The lowest BCUT2D eigenvalue weighted by atomic mass is 9.85. The average molecular weight is 345 g/mol. The van der Waals surface area contributed by atoms with Crippen molar-refractivity contribution in [3.63, 3.8) is 0 Å². The van der Waals surface area contributed by atoms with Crippen LogP contribution in [0, 0.1) is 5.41 Å². The Morgan fingerprint density at radius 3 is 2.30 bits per heavy atom. The van der Waals surface area contributed by atoms with Crippen LogP contribution < -0.4 is 0 Å². The third-order valence-electron chi connectivity index (χ3n) is 3.93. The number of hydrogen-bond acceptors (Lipinski definition) is 7. The molecule has 128 valence electrons. The SMILES string of the molecule is CO[C@H]1C(=O)N2C(C(=O)C(C)(C)C)=C(C)[C@@H](OC=O)S(=O)(=O)C12. The summed E-state index contributed by atoms with van der Waals surface area (Å²) in [5.74, 6) is -1.00. The summed E-state index contributed by atoms with van der Waals surface area (Å²) in [6, 6.07) is 0. The number of nitrogens with zero attached hydrogens (tertiary/aromatic N) is 1. The number of Topliss-reactive ketones (excluding diaryl/α,β-unsaturated/α-hetero) is 1. The van der Waals surface area contributed by atoms with Crippen LogP contribution in [0.15, 0.2) is 11.3 Å². The molecule has 2 aliphatic heterocycles. The highest BCUT2D eigenvalue weighted by molar-refractivity contribution is 7.92. The van der Waals surface area contributed by atoms with Gasteiger partial charge in [-0.2, -0.15) is 0 Å². The quantitative estimate of drug-likeness (QED) is 0.521. The van der Waals surface area contributed by atoms with Crippen LogP contribution in [0.1, 0.15) is 27.7 Å². The first-order valence-corrected chi connectivity index (χ1v) is 8.54. The minimum Gasteiger partial charge on any atom is -0.443 e. The van der Waals surface area contributed by atoms with Gasteiger partial charge < -0.3 is 9.47 Å². The lowest BCUT2D eigenvalue weighted by molar-refractivity contribution is -0.161. The molecule has 8 nitrogen and oxygen atoms in total. The molecule has 0 aromatic carbocycles. The predicted octanol–water partition coefficient (Wildman–Crippen LogP) is -0.0136. The van der Waals surface area contributed by atoms with Crippen LogP contribution in [-0.2, 0) is 33.7 Å². The van der Waals surface area contributed by atoms with E-state index >= 15 is 0 Å². The number of sulfone groups is 1. The van der Waals surface area contributed by atoms with E-state index in [-0.39, 0.29) is 17.7 Å². The van der Waals surface area contributed by atoms with E-state index in [0.29, 0.717) is 0 Å². The van der Waals surface area contributed by atoms with E-state index in [1.807, 2.05) is 0 Å². The molecule has 9 heteroatoms. The summed E-state index contributed by atoms with van der Waals surface area (Å²) < 4.78 is 34.9. The van der Waals surface area contributed by atoms with Crippen molar-refractivity contribution in [3.05, 3.63) is 11.3 Å². The molecule has 2 aliphatic rings. The third kappa shape index (κ3) is 2.38. The van der Waals surface area contributed by atoms with Crippen molar-refractivity contribution < 1.29 is 32.3 Å². The molecule has 0 saturated carbocycles. The molecular formula is C14H19NO7S. The molecule has 0 radical (unpaired) electrons. The van der Waals surface area contributed by atoms with Crippen LogP contribution in [0.4, 0.5) is 0 Å². The topological polar surface area (TPSA) is 107 Å². The molecule has 0 aliphatic carbocycles.